The fourth-order valence-corrected chi connectivity index (χ4v) is 4.71. The summed E-state index contributed by atoms with van der Waals surface area (Å²) in [7, 11) is 3.14. The van der Waals surface area contributed by atoms with E-state index in [1.54, 1.807) is 20.2 Å². The van der Waals surface area contributed by atoms with Gasteiger partial charge in [-0.3, -0.25) is 18.5 Å². The second-order valence-electron chi connectivity index (χ2n) is 8.27. The normalized spacial score (nSPS) is 14.9. The van der Waals surface area contributed by atoms with Crippen LogP contribution in [0, 0.1) is 11.6 Å². The van der Waals surface area contributed by atoms with Crippen molar-refractivity contribution in [2.24, 2.45) is 14.1 Å². The molecule has 0 aliphatic heterocycles. The van der Waals surface area contributed by atoms with Crippen LogP contribution in [0.2, 0.25) is 0 Å². The van der Waals surface area contributed by atoms with Gasteiger partial charge in [-0.25, -0.2) is 27.7 Å². The van der Waals surface area contributed by atoms with Crippen LogP contribution in [-0.4, -0.2) is 29.5 Å². The van der Waals surface area contributed by atoms with Crippen LogP contribution in [0.15, 0.2) is 50.9 Å². The van der Waals surface area contributed by atoms with Gasteiger partial charge in [0.05, 0.1) is 29.0 Å². The third-order valence-electron chi connectivity index (χ3n) is 6.35. The first kappa shape index (κ1) is 22.3. The average Bonchev–Trinajstić information content (AvgIpc) is 3.31. The minimum Gasteiger partial charge on any atom is -0.449 e. The number of aryl methyl sites for hydroxylation is 2. The molecule has 5 rings (SSSR count). The molecule has 0 saturated carbocycles. The SMILES string of the molecule is Cn1c(=O)n(C)c2cc(-n3cc(OC(=O)O)c(=O)n(C4CCc5c(F)cc(F)cc54)c3=O)ccc21. The van der Waals surface area contributed by atoms with E-state index in [1.165, 1.54) is 21.3 Å². The smallest absolute Gasteiger partial charge is 0.449 e. The summed E-state index contributed by atoms with van der Waals surface area (Å²) in [6.45, 7) is 0. The molecule has 35 heavy (non-hydrogen) atoms. The van der Waals surface area contributed by atoms with Crippen LogP contribution in [0.3, 0.4) is 0 Å². The van der Waals surface area contributed by atoms with E-state index >= 15 is 0 Å². The van der Waals surface area contributed by atoms with Crippen molar-refractivity contribution in [2.75, 3.05) is 0 Å². The van der Waals surface area contributed by atoms with Crippen molar-refractivity contribution in [3.63, 3.8) is 0 Å². The molecule has 10 nitrogen and oxygen atoms in total. The monoisotopic (exact) mass is 484 g/mol. The summed E-state index contributed by atoms with van der Waals surface area (Å²) in [5, 5.41) is 9.12. The molecule has 2 aromatic heterocycles. The first-order valence-electron chi connectivity index (χ1n) is 10.5. The Labute approximate surface area is 194 Å². The van der Waals surface area contributed by atoms with Gasteiger partial charge in [0.2, 0.25) is 5.75 Å². The van der Waals surface area contributed by atoms with E-state index in [1.807, 2.05) is 0 Å². The summed E-state index contributed by atoms with van der Waals surface area (Å²) in [6, 6.07) is 5.39. The predicted octanol–water partition coefficient (Wildman–Crippen LogP) is 2.06. The fraction of sp³-hybridized carbons (Fsp3) is 0.217. The van der Waals surface area contributed by atoms with E-state index in [0.717, 1.165) is 27.5 Å². The Bertz CT molecular complexity index is 1730. The van der Waals surface area contributed by atoms with E-state index in [-0.39, 0.29) is 35.3 Å². The van der Waals surface area contributed by atoms with Crippen LogP contribution in [-0.2, 0) is 20.5 Å². The summed E-state index contributed by atoms with van der Waals surface area (Å²) in [4.78, 5) is 50.2. The lowest BCUT2D eigenvalue weighted by molar-refractivity contribution is 0.143. The Morgan fingerprint density at radius 1 is 1.03 bits per heavy atom. The number of hydrogen-bond acceptors (Lipinski definition) is 5. The number of imidazole rings is 1. The predicted molar refractivity (Wildman–Crippen MR) is 119 cm³/mol. The molecule has 0 fully saturated rings. The van der Waals surface area contributed by atoms with Crippen LogP contribution in [0.25, 0.3) is 16.7 Å². The largest absolute Gasteiger partial charge is 0.511 e. The topological polar surface area (TPSA) is 117 Å². The quantitative estimate of drug-likeness (QED) is 0.445. The van der Waals surface area contributed by atoms with Crippen molar-refractivity contribution in [1.82, 2.24) is 18.3 Å². The highest BCUT2D eigenvalue weighted by Gasteiger charge is 2.31. The van der Waals surface area contributed by atoms with E-state index in [9.17, 15) is 28.0 Å². The molecule has 1 N–H and O–H groups in total. The van der Waals surface area contributed by atoms with Gasteiger partial charge in [0, 0.05) is 20.2 Å². The number of hydrogen-bond donors (Lipinski definition) is 1. The lowest BCUT2D eigenvalue weighted by Gasteiger charge is -2.18. The number of rotatable bonds is 3. The maximum Gasteiger partial charge on any atom is 0.511 e. The second kappa shape index (κ2) is 7.79. The van der Waals surface area contributed by atoms with E-state index in [2.05, 4.69) is 4.74 Å². The Morgan fingerprint density at radius 2 is 1.74 bits per heavy atom. The highest BCUT2D eigenvalue weighted by Crippen LogP contribution is 2.35. The number of carboxylic acid groups (broad SMARTS) is 1. The van der Waals surface area contributed by atoms with Gasteiger partial charge in [-0.15, -0.1) is 0 Å². The van der Waals surface area contributed by atoms with Gasteiger partial charge in [0.15, 0.2) is 0 Å². The van der Waals surface area contributed by atoms with Crippen LogP contribution in [0.4, 0.5) is 13.6 Å². The molecule has 1 unspecified atom stereocenters. The maximum atomic E-state index is 14.3. The van der Waals surface area contributed by atoms with E-state index in [4.69, 9.17) is 5.11 Å². The molecule has 0 amide bonds. The van der Waals surface area contributed by atoms with Gasteiger partial charge in [-0.1, -0.05) is 0 Å². The van der Waals surface area contributed by atoms with Crippen LogP contribution >= 0.6 is 0 Å². The lowest BCUT2D eigenvalue weighted by Crippen LogP contribution is -2.42. The highest BCUT2D eigenvalue weighted by atomic mass is 19.1. The van der Waals surface area contributed by atoms with Crippen molar-refractivity contribution in [2.45, 2.75) is 18.9 Å². The van der Waals surface area contributed by atoms with Crippen LogP contribution in [0.1, 0.15) is 23.6 Å². The van der Waals surface area contributed by atoms with Crippen molar-refractivity contribution < 1.29 is 23.4 Å². The Kier molecular flexibility index (Phi) is 4.97. The van der Waals surface area contributed by atoms with Crippen molar-refractivity contribution in [3.8, 4) is 11.4 Å². The summed E-state index contributed by atoms with van der Waals surface area (Å²) in [6.07, 6.45) is -0.559. The maximum absolute atomic E-state index is 14.3. The molecule has 2 aromatic carbocycles. The molecule has 0 spiro atoms. The van der Waals surface area contributed by atoms with E-state index < -0.39 is 40.8 Å². The zero-order valence-electron chi connectivity index (χ0n) is 18.5. The second-order valence-corrected chi connectivity index (χ2v) is 8.27. The standard InChI is InChI=1S/C23H18F2N4O6/c1-26-17-5-3-12(9-18(17)27(2)21(26)31)28-10-19(35-23(33)34)20(30)29(22(28)32)16-6-4-13-14(16)7-11(24)8-15(13)25/h3,5,7-10,16H,4,6H2,1-2H3,(H,33,34). The molecular weight excluding hydrogens is 466 g/mol. The first-order valence-corrected chi connectivity index (χ1v) is 10.5. The van der Waals surface area contributed by atoms with Crippen molar-refractivity contribution in [3.05, 3.63) is 90.6 Å². The van der Waals surface area contributed by atoms with Gasteiger partial charge < -0.3 is 9.84 Å². The summed E-state index contributed by atoms with van der Waals surface area (Å²) in [5.41, 5.74) is -0.621. The molecule has 2 heterocycles. The number of ether oxygens (including phenoxy) is 1. The van der Waals surface area contributed by atoms with Gasteiger partial charge in [-0.05, 0) is 48.2 Å². The van der Waals surface area contributed by atoms with Crippen LogP contribution < -0.4 is 21.7 Å². The minimum atomic E-state index is -1.77. The zero-order valence-corrected chi connectivity index (χ0v) is 18.5. The lowest BCUT2D eigenvalue weighted by atomic mass is 10.1. The van der Waals surface area contributed by atoms with Crippen molar-refractivity contribution in [1.29, 1.82) is 0 Å². The molecule has 0 radical (unpaired) electrons. The van der Waals surface area contributed by atoms with E-state index in [0.29, 0.717) is 11.0 Å². The molecule has 180 valence electrons. The summed E-state index contributed by atoms with van der Waals surface area (Å²) >= 11 is 0. The molecule has 1 aliphatic carbocycles. The number of halogens is 2. The number of nitrogens with zero attached hydrogens (tertiary/aromatic N) is 4. The molecular formula is C23H18F2N4O6. The number of fused-ring (bicyclic) bond motifs is 2. The van der Waals surface area contributed by atoms with Gasteiger partial charge in [0.25, 0.3) is 5.56 Å². The minimum absolute atomic E-state index is 0.119. The van der Waals surface area contributed by atoms with Crippen LogP contribution in [0.5, 0.6) is 5.75 Å². The zero-order chi connectivity index (χ0) is 25.2. The average molecular weight is 484 g/mol. The van der Waals surface area contributed by atoms with Gasteiger partial charge in [0.1, 0.15) is 11.6 Å². The number of aromatic nitrogens is 4. The summed E-state index contributed by atoms with van der Waals surface area (Å²) < 4.78 is 37.5. The first-order chi connectivity index (χ1) is 16.6. The molecule has 1 aliphatic rings. The van der Waals surface area contributed by atoms with Gasteiger partial charge in [-0.2, -0.15) is 0 Å². The highest BCUT2D eigenvalue weighted by molar-refractivity contribution is 5.78. The number of benzene rings is 2. The molecule has 0 bridgehead atoms. The molecule has 0 saturated heterocycles. The molecule has 12 heteroatoms. The molecule has 4 aromatic rings. The molecule has 1 atom stereocenters. The third kappa shape index (κ3) is 3.36. The number of carbonyl (C=O) groups is 1. The Hall–Kier alpha value is -4.48. The van der Waals surface area contributed by atoms with Crippen molar-refractivity contribution >= 4 is 17.2 Å². The third-order valence-corrected chi connectivity index (χ3v) is 6.35. The van der Waals surface area contributed by atoms with Gasteiger partial charge >= 0.3 is 17.5 Å². The Morgan fingerprint density at radius 3 is 2.46 bits per heavy atom. The Balaban J connectivity index is 1.79. The fourth-order valence-electron chi connectivity index (χ4n) is 4.71. The summed E-state index contributed by atoms with van der Waals surface area (Å²) in [5.74, 6) is -2.32.